The molecule has 0 nitrogen and oxygen atoms in total. The molecular weight excluding hydrogens is 304 g/mol. The second-order valence-corrected chi connectivity index (χ2v) is 8.17. The Morgan fingerprint density at radius 3 is 1.77 bits per heavy atom. The average Bonchev–Trinajstić information content (AvgIpc) is 3.06. The summed E-state index contributed by atoms with van der Waals surface area (Å²) in [6.45, 7) is 2.29. The van der Waals surface area contributed by atoms with Crippen molar-refractivity contribution in [2.75, 3.05) is 0 Å². The minimum Gasteiger partial charge on any atom is -0.170 e. The summed E-state index contributed by atoms with van der Waals surface area (Å²) in [7, 11) is 0. The van der Waals surface area contributed by atoms with Gasteiger partial charge in [0.25, 0.3) is 0 Å². The third kappa shape index (κ3) is 10.7. The lowest BCUT2D eigenvalue weighted by atomic mass is 10.0. The standard InChI is InChI=1S/C20H36S2/c1-2-3-4-5-6-7-8-9-10-11-12-13-14-16-19(21)20-17-15-18-22-20/h15,17-19,21H,2-14,16H2,1H3. The number of rotatable bonds is 15. The van der Waals surface area contributed by atoms with Crippen LogP contribution in [0, 0.1) is 0 Å². The molecule has 0 aliphatic rings. The topological polar surface area (TPSA) is 0 Å². The van der Waals surface area contributed by atoms with E-state index in [2.05, 4.69) is 24.4 Å². The minimum absolute atomic E-state index is 0.465. The van der Waals surface area contributed by atoms with Crippen molar-refractivity contribution in [1.82, 2.24) is 0 Å². The number of hydrogen-bond donors (Lipinski definition) is 1. The maximum Gasteiger partial charge on any atom is 0.0361 e. The molecule has 0 amide bonds. The minimum atomic E-state index is 0.465. The van der Waals surface area contributed by atoms with Gasteiger partial charge in [-0.1, -0.05) is 96.5 Å². The van der Waals surface area contributed by atoms with Gasteiger partial charge in [-0.05, 0) is 17.9 Å². The van der Waals surface area contributed by atoms with Crippen molar-refractivity contribution in [3.05, 3.63) is 22.4 Å². The van der Waals surface area contributed by atoms with Crippen LogP contribution in [-0.2, 0) is 0 Å². The predicted octanol–water partition coefficient (Wildman–Crippen LogP) is 8.20. The molecular formula is C20H36S2. The summed E-state index contributed by atoms with van der Waals surface area (Å²) in [4.78, 5) is 1.43. The highest BCUT2D eigenvalue weighted by Gasteiger charge is 2.06. The third-order valence-corrected chi connectivity index (χ3v) is 6.15. The summed E-state index contributed by atoms with van der Waals surface area (Å²) in [6, 6.07) is 4.34. The molecule has 1 atom stereocenters. The highest BCUT2D eigenvalue weighted by atomic mass is 32.1. The van der Waals surface area contributed by atoms with E-state index in [0.29, 0.717) is 5.25 Å². The van der Waals surface area contributed by atoms with Gasteiger partial charge in [0.15, 0.2) is 0 Å². The number of thiophene rings is 1. The molecule has 0 saturated carbocycles. The fraction of sp³-hybridized carbons (Fsp3) is 0.800. The molecule has 0 aliphatic heterocycles. The van der Waals surface area contributed by atoms with Crippen LogP contribution in [0.1, 0.15) is 107 Å². The lowest BCUT2D eigenvalue weighted by molar-refractivity contribution is 0.535. The van der Waals surface area contributed by atoms with Crippen molar-refractivity contribution < 1.29 is 0 Å². The molecule has 1 aromatic heterocycles. The van der Waals surface area contributed by atoms with E-state index in [-0.39, 0.29) is 0 Å². The summed E-state index contributed by atoms with van der Waals surface area (Å²) >= 11 is 6.55. The van der Waals surface area contributed by atoms with Crippen molar-refractivity contribution in [1.29, 1.82) is 0 Å². The van der Waals surface area contributed by atoms with Crippen molar-refractivity contribution in [3.8, 4) is 0 Å². The van der Waals surface area contributed by atoms with Crippen molar-refractivity contribution in [3.63, 3.8) is 0 Å². The van der Waals surface area contributed by atoms with E-state index in [9.17, 15) is 0 Å². The first kappa shape index (κ1) is 20.1. The second-order valence-electron chi connectivity index (χ2n) is 6.56. The Kier molecular flexibility index (Phi) is 13.4. The molecule has 1 heterocycles. The fourth-order valence-corrected chi connectivity index (χ4v) is 4.18. The third-order valence-electron chi connectivity index (χ3n) is 4.45. The lowest BCUT2D eigenvalue weighted by Gasteiger charge is -2.08. The second kappa shape index (κ2) is 14.6. The van der Waals surface area contributed by atoms with E-state index >= 15 is 0 Å². The molecule has 0 spiro atoms. The van der Waals surface area contributed by atoms with Gasteiger partial charge >= 0.3 is 0 Å². The van der Waals surface area contributed by atoms with Crippen LogP contribution >= 0.6 is 24.0 Å². The quantitative estimate of drug-likeness (QED) is 0.241. The van der Waals surface area contributed by atoms with Crippen molar-refractivity contribution in [2.45, 2.75) is 102 Å². The molecule has 1 rings (SSSR count). The van der Waals surface area contributed by atoms with Crippen molar-refractivity contribution >= 4 is 24.0 Å². The van der Waals surface area contributed by atoms with Crippen LogP contribution in [0.25, 0.3) is 0 Å². The molecule has 0 aliphatic carbocycles. The number of thiol groups is 1. The van der Waals surface area contributed by atoms with Crippen LogP contribution in [0.4, 0.5) is 0 Å². The Morgan fingerprint density at radius 2 is 1.32 bits per heavy atom. The largest absolute Gasteiger partial charge is 0.170 e. The van der Waals surface area contributed by atoms with Crippen LogP contribution in [0.5, 0.6) is 0 Å². The molecule has 0 fully saturated rings. The molecule has 0 bridgehead atoms. The summed E-state index contributed by atoms with van der Waals surface area (Å²) in [5, 5.41) is 2.62. The molecule has 2 heteroatoms. The van der Waals surface area contributed by atoms with E-state index in [1.165, 1.54) is 94.8 Å². The highest BCUT2D eigenvalue weighted by molar-refractivity contribution is 7.80. The fourth-order valence-electron chi connectivity index (χ4n) is 2.98. The first-order valence-electron chi connectivity index (χ1n) is 9.56. The molecule has 0 aromatic carbocycles. The maximum absolute atomic E-state index is 4.71. The molecule has 22 heavy (non-hydrogen) atoms. The zero-order valence-corrected chi connectivity index (χ0v) is 16.3. The monoisotopic (exact) mass is 340 g/mol. The first-order valence-corrected chi connectivity index (χ1v) is 11.0. The predicted molar refractivity (Wildman–Crippen MR) is 106 cm³/mol. The summed E-state index contributed by atoms with van der Waals surface area (Å²) < 4.78 is 0. The van der Waals surface area contributed by atoms with Gasteiger partial charge < -0.3 is 0 Å². The molecule has 0 N–H and O–H groups in total. The van der Waals surface area contributed by atoms with Crippen molar-refractivity contribution in [2.24, 2.45) is 0 Å². The van der Waals surface area contributed by atoms with E-state index in [4.69, 9.17) is 12.6 Å². The summed E-state index contributed by atoms with van der Waals surface area (Å²) in [5.41, 5.74) is 0. The Bertz CT molecular complexity index is 318. The lowest BCUT2D eigenvalue weighted by Crippen LogP contribution is -1.88. The van der Waals surface area contributed by atoms with E-state index < -0.39 is 0 Å². The van der Waals surface area contributed by atoms with Gasteiger partial charge in [0.2, 0.25) is 0 Å². The molecule has 1 unspecified atom stereocenters. The maximum atomic E-state index is 4.71. The Balaban J connectivity index is 1.76. The number of hydrogen-bond acceptors (Lipinski definition) is 2. The first-order chi connectivity index (χ1) is 10.8. The summed E-state index contributed by atoms with van der Waals surface area (Å²) in [5.74, 6) is 0. The highest BCUT2D eigenvalue weighted by Crippen LogP contribution is 2.29. The SMILES string of the molecule is CCCCCCCCCCCCCCCC(S)c1cccs1. The van der Waals surface area contributed by atoms with E-state index in [0.717, 1.165) is 0 Å². The van der Waals surface area contributed by atoms with Crippen LogP contribution in [0.2, 0.25) is 0 Å². The van der Waals surface area contributed by atoms with Gasteiger partial charge in [0, 0.05) is 10.1 Å². The van der Waals surface area contributed by atoms with Gasteiger partial charge in [-0.2, -0.15) is 12.6 Å². The van der Waals surface area contributed by atoms with E-state index in [1.54, 1.807) is 0 Å². The van der Waals surface area contributed by atoms with Crippen LogP contribution in [0.15, 0.2) is 17.5 Å². The van der Waals surface area contributed by atoms with Gasteiger partial charge in [0.1, 0.15) is 0 Å². The molecule has 128 valence electrons. The Labute approximate surface area is 148 Å². The number of unbranched alkanes of at least 4 members (excludes halogenated alkanes) is 12. The zero-order chi connectivity index (χ0) is 15.9. The Morgan fingerprint density at radius 1 is 0.818 bits per heavy atom. The zero-order valence-electron chi connectivity index (χ0n) is 14.6. The van der Waals surface area contributed by atoms with Gasteiger partial charge in [-0.3, -0.25) is 0 Å². The molecule has 1 aromatic rings. The Hall–Kier alpha value is 0.0500. The van der Waals surface area contributed by atoms with Crippen LogP contribution in [-0.4, -0.2) is 0 Å². The average molecular weight is 341 g/mol. The summed E-state index contributed by atoms with van der Waals surface area (Å²) in [6.07, 6.45) is 19.8. The molecule has 0 saturated heterocycles. The van der Waals surface area contributed by atoms with Crippen LogP contribution < -0.4 is 0 Å². The smallest absolute Gasteiger partial charge is 0.0361 e. The van der Waals surface area contributed by atoms with Crippen LogP contribution in [0.3, 0.4) is 0 Å². The van der Waals surface area contributed by atoms with Gasteiger partial charge in [-0.25, -0.2) is 0 Å². The van der Waals surface area contributed by atoms with Gasteiger partial charge in [-0.15, -0.1) is 11.3 Å². The normalized spacial score (nSPS) is 12.6. The molecule has 0 radical (unpaired) electrons. The van der Waals surface area contributed by atoms with E-state index in [1.807, 2.05) is 11.3 Å². The van der Waals surface area contributed by atoms with Gasteiger partial charge in [0.05, 0.1) is 0 Å².